The highest BCUT2D eigenvalue weighted by Crippen LogP contribution is 2.10. The van der Waals surface area contributed by atoms with Gasteiger partial charge in [-0.2, -0.15) is 0 Å². The van der Waals surface area contributed by atoms with Gasteiger partial charge in [-0.05, 0) is 24.6 Å². The van der Waals surface area contributed by atoms with E-state index in [4.69, 9.17) is 43.6 Å². The van der Waals surface area contributed by atoms with Crippen LogP contribution in [0.5, 0.6) is 0 Å². The summed E-state index contributed by atoms with van der Waals surface area (Å²) in [6, 6.07) is 6.97. The van der Waals surface area contributed by atoms with Crippen LogP contribution in [0.3, 0.4) is 0 Å². The SMILES string of the molecule is COCCOCCOCCOCCOCCOCCOCCNC=O.COCc1ccc(NC(=O)C(C)N)cc1. The number of nitrogens with two attached hydrogens (primary N) is 1. The minimum atomic E-state index is -0.497. The first-order chi connectivity index (χ1) is 19.5. The van der Waals surface area contributed by atoms with Crippen LogP contribution in [-0.2, 0) is 54.1 Å². The van der Waals surface area contributed by atoms with Gasteiger partial charge in [-0.25, -0.2) is 0 Å². The largest absolute Gasteiger partial charge is 0.382 e. The van der Waals surface area contributed by atoms with Crippen LogP contribution in [-0.4, -0.2) is 125 Å². The molecule has 1 aromatic rings. The zero-order valence-corrected chi connectivity index (χ0v) is 24.2. The number of carbonyl (C=O) groups is 2. The number of benzene rings is 1. The van der Waals surface area contributed by atoms with Crippen LogP contribution in [0.2, 0.25) is 0 Å². The predicted octanol–water partition coefficient (Wildman–Crippen LogP) is 0.597. The topological polar surface area (TPSA) is 158 Å². The van der Waals surface area contributed by atoms with Gasteiger partial charge in [-0.1, -0.05) is 12.1 Å². The van der Waals surface area contributed by atoms with E-state index in [1.165, 1.54) is 0 Å². The Labute approximate surface area is 238 Å². The van der Waals surface area contributed by atoms with E-state index < -0.39 is 6.04 Å². The Morgan fingerprint density at radius 2 is 1.15 bits per heavy atom. The second kappa shape index (κ2) is 29.8. The van der Waals surface area contributed by atoms with Gasteiger partial charge < -0.3 is 54.3 Å². The van der Waals surface area contributed by atoms with Crippen molar-refractivity contribution in [3.63, 3.8) is 0 Å². The number of ether oxygens (including phenoxy) is 8. The molecule has 0 fully saturated rings. The van der Waals surface area contributed by atoms with Crippen molar-refractivity contribution < 1.29 is 47.5 Å². The fraction of sp³-hybridized carbons (Fsp3) is 0.704. The van der Waals surface area contributed by atoms with Crippen molar-refractivity contribution in [2.24, 2.45) is 5.73 Å². The van der Waals surface area contributed by atoms with Gasteiger partial charge in [0.25, 0.3) is 0 Å². The monoisotopic (exact) mass is 575 g/mol. The summed E-state index contributed by atoms with van der Waals surface area (Å²) in [7, 11) is 3.29. The van der Waals surface area contributed by atoms with Crippen LogP contribution in [0.1, 0.15) is 12.5 Å². The second-order valence-corrected chi connectivity index (χ2v) is 8.15. The molecule has 0 radical (unpaired) electrons. The summed E-state index contributed by atoms with van der Waals surface area (Å²) in [5.41, 5.74) is 7.24. The molecule has 0 aliphatic rings. The predicted molar refractivity (Wildman–Crippen MR) is 150 cm³/mol. The van der Waals surface area contributed by atoms with E-state index in [0.717, 1.165) is 11.3 Å². The fourth-order valence-electron chi connectivity index (χ4n) is 2.64. The number of anilines is 1. The highest BCUT2D eigenvalue weighted by Gasteiger charge is 2.06. The molecule has 1 rings (SSSR count). The molecule has 0 bridgehead atoms. The molecular formula is C27H49N3O10. The van der Waals surface area contributed by atoms with Crippen molar-refractivity contribution in [2.45, 2.75) is 19.6 Å². The molecule has 1 unspecified atom stereocenters. The van der Waals surface area contributed by atoms with E-state index >= 15 is 0 Å². The van der Waals surface area contributed by atoms with Crippen molar-refractivity contribution in [3.05, 3.63) is 29.8 Å². The third kappa shape index (κ3) is 26.0. The second-order valence-electron chi connectivity index (χ2n) is 8.15. The average Bonchev–Trinajstić information content (AvgIpc) is 2.95. The molecule has 0 spiro atoms. The van der Waals surface area contributed by atoms with Crippen LogP contribution < -0.4 is 16.4 Å². The van der Waals surface area contributed by atoms with Gasteiger partial charge in [0.1, 0.15) is 0 Å². The zero-order chi connectivity index (χ0) is 29.5. The Morgan fingerprint density at radius 3 is 1.52 bits per heavy atom. The summed E-state index contributed by atoms with van der Waals surface area (Å²) in [5, 5.41) is 5.22. The van der Waals surface area contributed by atoms with Crippen molar-refractivity contribution in [1.29, 1.82) is 0 Å². The van der Waals surface area contributed by atoms with E-state index in [9.17, 15) is 9.59 Å². The van der Waals surface area contributed by atoms with Crippen LogP contribution in [0.25, 0.3) is 0 Å². The Balaban J connectivity index is 0.000000858. The molecular weight excluding hydrogens is 526 g/mol. The fourth-order valence-corrected chi connectivity index (χ4v) is 2.64. The van der Waals surface area contributed by atoms with E-state index in [1.54, 1.807) is 21.1 Å². The summed E-state index contributed by atoms with van der Waals surface area (Å²) >= 11 is 0. The highest BCUT2D eigenvalue weighted by molar-refractivity contribution is 5.94. The maximum Gasteiger partial charge on any atom is 0.240 e. The first-order valence-electron chi connectivity index (χ1n) is 13.3. The number of rotatable bonds is 26. The molecule has 0 aliphatic heterocycles. The van der Waals surface area contributed by atoms with Crippen molar-refractivity contribution >= 4 is 18.0 Å². The zero-order valence-electron chi connectivity index (χ0n) is 24.2. The lowest BCUT2D eigenvalue weighted by atomic mass is 10.2. The first-order valence-corrected chi connectivity index (χ1v) is 13.3. The van der Waals surface area contributed by atoms with Gasteiger partial charge in [-0.3, -0.25) is 9.59 Å². The standard InChI is InChI=1S/C16H33NO8.C11H16N2O2/c1-19-4-5-21-8-9-23-12-13-25-15-14-24-11-10-22-7-6-20-3-2-17-16-18;1-8(12)11(14)13-10-5-3-9(4-6-10)7-15-2/h16H,2-15H2,1H3,(H,17,18);3-6,8H,7,12H2,1-2H3,(H,13,14). The molecule has 0 saturated heterocycles. The maximum absolute atomic E-state index is 11.3. The third-order valence-corrected chi connectivity index (χ3v) is 4.71. The number of amides is 2. The van der Waals surface area contributed by atoms with Crippen molar-refractivity contribution in [3.8, 4) is 0 Å². The minimum absolute atomic E-state index is 0.186. The Bertz CT molecular complexity index is 696. The Morgan fingerprint density at radius 1 is 0.725 bits per heavy atom. The molecule has 40 heavy (non-hydrogen) atoms. The van der Waals surface area contributed by atoms with E-state index in [2.05, 4.69) is 10.6 Å². The number of hydrogen-bond donors (Lipinski definition) is 3. The van der Waals surface area contributed by atoms with Gasteiger partial charge in [0.2, 0.25) is 12.3 Å². The number of hydrogen-bond acceptors (Lipinski definition) is 11. The molecule has 232 valence electrons. The summed E-state index contributed by atoms with van der Waals surface area (Å²) in [6.45, 7) is 9.69. The van der Waals surface area contributed by atoms with Crippen LogP contribution in [0, 0.1) is 0 Å². The molecule has 13 nitrogen and oxygen atoms in total. The first kappa shape index (κ1) is 37.8. The molecule has 1 aromatic carbocycles. The summed E-state index contributed by atoms with van der Waals surface area (Å²) in [6.07, 6.45) is 0.648. The lowest BCUT2D eigenvalue weighted by Gasteiger charge is -2.08. The average molecular weight is 576 g/mol. The number of carbonyl (C=O) groups excluding carboxylic acids is 2. The summed E-state index contributed by atoms with van der Waals surface area (Å²) < 4.78 is 41.7. The van der Waals surface area contributed by atoms with E-state index in [1.807, 2.05) is 24.3 Å². The molecule has 13 heteroatoms. The van der Waals surface area contributed by atoms with Gasteiger partial charge >= 0.3 is 0 Å². The van der Waals surface area contributed by atoms with Crippen molar-refractivity contribution in [2.75, 3.05) is 112 Å². The third-order valence-electron chi connectivity index (χ3n) is 4.71. The highest BCUT2D eigenvalue weighted by atomic mass is 16.6. The Hall–Kier alpha value is -2.20. The number of methoxy groups -OCH3 is 2. The van der Waals surface area contributed by atoms with Crippen LogP contribution >= 0.6 is 0 Å². The molecule has 4 N–H and O–H groups in total. The van der Waals surface area contributed by atoms with Crippen molar-refractivity contribution in [1.82, 2.24) is 5.32 Å². The van der Waals surface area contributed by atoms with E-state index in [-0.39, 0.29) is 5.91 Å². The molecule has 0 heterocycles. The summed E-state index contributed by atoms with van der Waals surface area (Å²) in [5.74, 6) is -0.186. The van der Waals surface area contributed by atoms with Gasteiger partial charge in [-0.15, -0.1) is 0 Å². The smallest absolute Gasteiger partial charge is 0.240 e. The lowest BCUT2D eigenvalue weighted by Crippen LogP contribution is -2.32. The van der Waals surface area contributed by atoms with Gasteiger partial charge in [0.05, 0.1) is 98.5 Å². The van der Waals surface area contributed by atoms with Crippen LogP contribution in [0.15, 0.2) is 24.3 Å². The van der Waals surface area contributed by atoms with E-state index in [0.29, 0.717) is 105 Å². The summed E-state index contributed by atoms with van der Waals surface area (Å²) in [4.78, 5) is 21.2. The Kier molecular flexibility index (Phi) is 28.1. The van der Waals surface area contributed by atoms with Gasteiger partial charge in [0.15, 0.2) is 0 Å². The quantitative estimate of drug-likeness (QED) is 0.105. The normalized spacial score (nSPS) is 11.4. The van der Waals surface area contributed by atoms with Crippen LogP contribution in [0.4, 0.5) is 5.69 Å². The molecule has 0 saturated carbocycles. The molecule has 0 aliphatic carbocycles. The molecule has 0 aromatic heterocycles. The minimum Gasteiger partial charge on any atom is -0.382 e. The molecule has 2 amide bonds. The lowest BCUT2D eigenvalue weighted by molar-refractivity contribution is -0.117. The van der Waals surface area contributed by atoms with Gasteiger partial charge in [0, 0.05) is 26.5 Å². The molecule has 1 atom stereocenters. The maximum atomic E-state index is 11.3. The number of nitrogens with one attached hydrogen (secondary N) is 2.